The standard InChI is InChI=1S/C10H10BrFO3/c1-14-8-4-6(5-11)3-7(12)9(8)10(13)15-2/h3-4H,5H2,1-2H3. The van der Waals surface area contributed by atoms with E-state index in [-0.39, 0.29) is 11.3 Å². The molecule has 0 aliphatic carbocycles. The fourth-order valence-corrected chi connectivity index (χ4v) is 1.50. The molecule has 0 heterocycles. The highest BCUT2D eigenvalue weighted by Crippen LogP contribution is 2.25. The van der Waals surface area contributed by atoms with Crippen LogP contribution in [0.25, 0.3) is 0 Å². The molecule has 82 valence electrons. The Morgan fingerprint density at radius 1 is 1.47 bits per heavy atom. The molecule has 0 fully saturated rings. The van der Waals surface area contributed by atoms with E-state index < -0.39 is 11.8 Å². The molecule has 15 heavy (non-hydrogen) atoms. The lowest BCUT2D eigenvalue weighted by Crippen LogP contribution is -2.07. The molecule has 3 nitrogen and oxygen atoms in total. The Labute approximate surface area is 95.3 Å². The molecule has 0 amide bonds. The van der Waals surface area contributed by atoms with Gasteiger partial charge in [0.25, 0.3) is 0 Å². The van der Waals surface area contributed by atoms with Gasteiger partial charge in [0.1, 0.15) is 17.1 Å². The maximum absolute atomic E-state index is 13.5. The minimum atomic E-state index is -0.745. The van der Waals surface area contributed by atoms with E-state index in [1.54, 1.807) is 6.07 Å². The van der Waals surface area contributed by atoms with Crippen molar-refractivity contribution < 1.29 is 18.7 Å². The minimum absolute atomic E-state index is 0.176. The van der Waals surface area contributed by atoms with Gasteiger partial charge in [-0.15, -0.1) is 0 Å². The number of esters is 1. The molecule has 0 radical (unpaired) electrons. The molecule has 1 aromatic carbocycles. The van der Waals surface area contributed by atoms with E-state index in [1.165, 1.54) is 20.3 Å². The normalized spacial score (nSPS) is 9.87. The minimum Gasteiger partial charge on any atom is -0.496 e. The summed E-state index contributed by atoms with van der Waals surface area (Å²) < 4.78 is 22.9. The van der Waals surface area contributed by atoms with Gasteiger partial charge in [0.15, 0.2) is 0 Å². The lowest BCUT2D eigenvalue weighted by molar-refractivity contribution is 0.0591. The third kappa shape index (κ3) is 2.47. The van der Waals surface area contributed by atoms with Crippen LogP contribution in [0.2, 0.25) is 0 Å². The molecule has 1 rings (SSSR count). The summed E-state index contributed by atoms with van der Waals surface area (Å²) in [5, 5.41) is 0.488. The quantitative estimate of drug-likeness (QED) is 0.629. The van der Waals surface area contributed by atoms with Crippen molar-refractivity contribution >= 4 is 21.9 Å². The number of benzene rings is 1. The highest BCUT2D eigenvalue weighted by atomic mass is 79.9. The molecule has 1 aromatic rings. The maximum atomic E-state index is 13.5. The number of ether oxygens (including phenoxy) is 2. The van der Waals surface area contributed by atoms with Gasteiger partial charge in [-0.1, -0.05) is 15.9 Å². The van der Waals surface area contributed by atoms with Crippen molar-refractivity contribution in [3.8, 4) is 5.75 Å². The van der Waals surface area contributed by atoms with Gasteiger partial charge < -0.3 is 9.47 Å². The van der Waals surface area contributed by atoms with Crippen molar-refractivity contribution in [3.63, 3.8) is 0 Å². The number of carbonyl (C=O) groups is 1. The zero-order valence-corrected chi connectivity index (χ0v) is 9.93. The zero-order chi connectivity index (χ0) is 11.4. The van der Waals surface area contributed by atoms with Crippen LogP contribution in [-0.2, 0) is 10.1 Å². The third-order valence-electron chi connectivity index (χ3n) is 1.88. The largest absolute Gasteiger partial charge is 0.496 e. The molecule has 0 bridgehead atoms. The molecule has 5 heteroatoms. The lowest BCUT2D eigenvalue weighted by atomic mass is 10.1. The smallest absolute Gasteiger partial charge is 0.344 e. The van der Waals surface area contributed by atoms with Gasteiger partial charge in [0, 0.05) is 5.33 Å². The monoisotopic (exact) mass is 276 g/mol. The fourth-order valence-electron chi connectivity index (χ4n) is 1.17. The maximum Gasteiger partial charge on any atom is 0.344 e. The molecule has 0 N–H and O–H groups in total. The van der Waals surface area contributed by atoms with Crippen LogP contribution < -0.4 is 4.74 Å². The van der Waals surface area contributed by atoms with Crippen molar-refractivity contribution in [2.45, 2.75) is 5.33 Å². The van der Waals surface area contributed by atoms with Gasteiger partial charge >= 0.3 is 5.97 Å². The van der Waals surface area contributed by atoms with E-state index in [2.05, 4.69) is 20.7 Å². The Balaban J connectivity index is 3.30. The number of rotatable bonds is 3. The molecule has 0 aliphatic rings. The first-order valence-electron chi connectivity index (χ1n) is 4.14. The van der Waals surface area contributed by atoms with Crippen LogP contribution in [0.1, 0.15) is 15.9 Å². The first kappa shape index (κ1) is 12.0. The van der Waals surface area contributed by atoms with Crippen LogP contribution in [0, 0.1) is 5.82 Å². The van der Waals surface area contributed by atoms with E-state index >= 15 is 0 Å². The van der Waals surface area contributed by atoms with Gasteiger partial charge in [-0.05, 0) is 17.7 Å². The van der Waals surface area contributed by atoms with E-state index in [0.717, 1.165) is 0 Å². The highest BCUT2D eigenvalue weighted by molar-refractivity contribution is 9.08. The topological polar surface area (TPSA) is 35.5 Å². The van der Waals surface area contributed by atoms with Gasteiger partial charge in [-0.3, -0.25) is 0 Å². The Hall–Kier alpha value is -1.10. The molecule has 0 spiro atoms. The summed E-state index contributed by atoms with van der Waals surface area (Å²) in [6.07, 6.45) is 0. The van der Waals surface area contributed by atoms with Crippen LogP contribution in [0.15, 0.2) is 12.1 Å². The van der Waals surface area contributed by atoms with E-state index in [9.17, 15) is 9.18 Å². The Kier molecular flexibility index (Phi) is 4.08. The number of methoxy groups -OCH3 is 2. The van der Waals surface area contributed by atoms with Crippen molar-refractivity contribution in [1.29, 1.82) is 0 Å². The van der Waals surface area contributed by atoms with Crippen molar-refractivity contribution in [1.82, 2.24) is 0 Å². The Morgan fingerprint density at radius 3 is 2.60 bits per heavy atom. The van der Waals surface area contributed by atoms with Crippen molar-refractivity contribution in [2.75, 3.05) is 14.2 Å². The second kappa shape index (κ2) is 5.11. The Morgan fingerprint density at radius 2 is 2.13 bits per heavy atom. The lowest BCUT2D eigenvalue weighted by Gasteiger charge is -2.09. The molecular weight excluding hydrogens is 267 g/mol. The van der Waals surface area contributed by atoms with Crippen LogP contribution in [0.5, 0.6) is 5.75 Å². The van der Waals surface area contributed by atoms with Crippen LogP contribution in [-0.4, -0.2) is 20.2 Å². The summed E-state index contributed by atoms with van der Waals surface area (Å²) >= 11 is 3.20. The molecule has 0 atom stereocenters. The number of alkyl halides is 1. The fraction of sp³-hybridized carbons (Fsp3) is 0.300. The molecule has 0 aliphatic heterocycles. The first-order chi connectivity index (χ1) is 7.13. The van der Waals surface area contributed by atoms with Crippen LogP contribution >= 0.6 is 15.9 Å². The predicted octanol–water partition coefficient (Wildman–Crippen LogP) is 2.52. The molecule has 0 saturated heterocycles. The summed E-state index contributed by atoms with van der Waals surface area (Å²) in [5.41, 5.74) is 0.515. The third-order valence-corrected chi connectivity index (χ3v) is 2.53. The van der Waals surface area contributed by atoms with Gasteiger partial charge in [0.05, 0.1) is 14.2 Å². The van der Waals surface area contributed by atoms with Gasteiger partial charge in [0.2, 0.25) is 0 Å². The predicted molar refractivity (Wildman–Crippen MR) is 56.9 cm³/mol. The van der Waals surface area contributed by atoms with Crippen LogP contribution in [0.4, 0.5) is 4.39 Å². The Bertz CT molecular complexity index is 379. The van der Waals surface area contributed by atoms with E-state index in [0.29, 0.717) is 10.9 Å². The second-order valence-corrected chi connectivity index (χ2v) is 3.34. The second-order valence-electron chi connectivity index (χ2n) is 2.78. The SMILES string of the molecule is COC(=O)c1c(F)cc(CBr)cc1OC. The number of hydrogen-bond acceptors (Lipinski definition) is 3. The van der Waals surface area contributed by atoms with Crippen LogP contribution in [0.3, 0.4) is 0 Å². The van der Waals surface area contributed by atoms with Crippen molar-refractivity contribution in [2.24, 2.45) is 0 Å². The first-order valence-corrected chi connectivity index (χ1v) is 5.26. The summed E-state index contributed by atoms with van der Waals surface area (Å²) in [7, 11) is 2.57. The average Bonchev–Trinajstić information content (AvgIpc) is 2.26. The summed E-state index contributed by atoms with van der Waals surface area (Å²) in [5.74, 6) is -1.21. The van der Waals surface area contributed by atoms with Gasteiger partial charge in [-0.25, -0.2) is 9.18 Å². The average molecular weight is 277 g/mol. The molecular formula is C10H10BrFO3. The number of halogens is 2. The molecule has 0 unspecified atom stereocenters. The highest BCUT2D eigenvalue weighted by Gasteiger charge is 2.19. The molecule has 0 saturated carbocycles. The number of carbonyl (C=O) groups excluding carboxylic acids is 1. The van der Waals surface area contributed by atoms with Crippen molar-refractivity contribution in [3.05, 3.63) is 29.1 Å². The number of hydrogen-bond donors (Lipinski definition) is 0. The summed E-state index contributed by atoms with van der Waals surface area (Å²) in [4.78, 5) is 11.3. The summed E-state index contributed by atoms with van der Waals surface area (Å²) in [6, 6.07) is 2.85. The molecule has 0 aromatic heterocycles. The van der Waals surface area contributed by atoms with E-state index in [4.69, 9.17) is 4.74 Å². The zero-order valence-electron chi connectivity index (χ0n) is 8.34. The summed E-state index contributed by atoms with van der Waals surface area (Å²) in [6.45, 7) is 0. The van der Waals surface area contributed by atoms with Gasteiger partial charge in [-0.2, -0.15) is 0 Å². The van der Waals surface area contributed by atoms with E-state index in [1.807, 2.05) is 0 Å².